The van der Waals surface area contributed by atoms with Gasteiger partial charge in [0.05, 0.1) is 6.10 Å². The van der Waals surface area contributed by atoms with Crippen LogP contribution in [-0.4, -0.2) is 11.2 Å². The fourth-order valence-corrected chi connectivity index (χ4v) is 1.33. The minimum atomic E-state index is -0.202. The number of hydrogen-bond donors (Lipinski definition) is 1. The minimum absolute atomic E-state index is 0.202. The van der Waals surface area contributed by atoms with Gasteiger partial charge in [0.25, 0.3) is 0 Å². The smallest absolute Gasteiger partial charge is 0.0574 e. The molecule has 0 aliphatic rings. The molecule has 0 fully saturated rings. The van der Waals surface area contributed by atoms with Gasteiger partial charge in [0.2, 0.25) is 0 Å². The molecule has 1 nitrogen and oxygen atoms in total. The second-order valence-electron chi connectivity index (χ2n) is 3.79. The van der Waals surface area contributed by atoms with Crippen molar-refractivity contribution in [3.63, 3.8) is 0 Å². The molecule has 1 N–H and O–H groups in total. The van der Waals surface area contributed by atoms with Gasteiger partial charge in [0, 0.05) is 5.92 Å². The molecule has 0 amide bonds. The summed E-state index contributed by atoms with van der Waals surface area (Å²) in [4.78, 5) is 0. The van der Waals surface area contributed by atoms with Crippen molar-refractivity contribution < 1.29 is 5.11 Å². The van der Waals surface area contributed by atoms with Crippen molar-refractivity contribution in [1.82, 2.24) is 0 Å². The zero-order valence-corrected chi connectivity index (χ0v) is 8.80. The van der Waals surface area contributed by atoms with Crippen molar-refractivity contribution in [2.45, 2.75) is 53.1 Å². The van der Waals surface area contributed by atoms with Crippen LogP contribution in [0.1, 0.15) is 47.0 Å². The van der Waals surface area contributed by atoms with E-state index in [-0.39, 0.29) is 6.10 Å². The molecule has 0 saturated carbocycles. The number of allylic oxidation sites excluding steroid dienone is 1. The molecule has 0 aliphatic carbocycles. The van der Waals surface area contributed by atoms with Gasteiger partial charge in [-0.1, -0.05) is 31.4 Å². The lowest BCUT2D eigenvalue weighted by molar-refractivity contribution is 0.142. The van der Waals surface area contributed by atoms with Crippen molar-refractivity contribution in [3.05, 3.63) is 11.6 Å². The second kappa shape index (κ2) is 6.24. The highest BCUT2D eigenvalue weighted by molar-refractivity contribution is 4.98. The van der Waals surface area contributed by atoms with Crippen LogP contribution in [0.25, 0.3) is 0 Å². The molecular weight excluding hydrogens is 148 g/mol. The zero-order valence-electron chi connectivity index (χ0n) is 8.80. The number of rotatable bonds is 5. The predicted octanol–water partition coefficient (Wildman–Crippen LogP) is 3.14. The standard InChI is InChI=1S/C11H22O/c1-5-6-7-11(10(4)12)8-9(2)3/h8,10-12H,5-7H2,1-4H3/t10-,11-/m0/s1. The second-order valence-corrected chi connectivity index (χ2v) is 3.79. The van der Waals surface area contributed by atoms with Crippen LogP contribution in [0.5, 0.6) is 0 Å². The number of aliphatic hydroxyl groups is 1. The first-order valence-electron chi connectivity index (χ1n) is 4.91. The fraction of sp³-hybridized carbons (Fsp3) is 0.818. The van der Waals surface area contributed by atoms with Crippen LogP contribution in [0.4, 0.5) is 0 Å². The molecule has 2 atom stereocenters. The van der Waals surface area contributed by atoms with Gasteiger partial charge < -0.3 is 5.11 Å². The van der Waals surface area contributed by atoms with E-state index in [1.807, 2.05) is 6.92 Å². The van der Waals surface area contributed by atoms with Crippen molar-refractivity contribution in [2.24, 2.45) is 5.92 Å². The Morgan fingerprint density at radius 3 is 2.33 bits per heavy atom. The van der Waals surface area contributed by atoms with E-state index >= 15 is 0 Å². The molecule has 0 spiro atoms. The van der Waals surface area contributed by atoms with Gasteiger partial charge in [-0.3, -0.25) is 0 Å². The summed E-state index contributed by atoms with van der Waals surface area (Å²) >= 11 is 0. The topological polar surface area (TPSA) is 20.2 Å². The molecule has 0 bridgehead atoms. The quantitative estimate of drug-likeness (QED) is 0.628. The van der Waals surface area contributed by atoms with Crippen LogP contribution in [0.2, 0.25) is 0 Å². The van der Waals surface area contributed by atoms with Gasteiger partial charge in [0.15, 0.2) is 0 Å². The molecule has 0 aliphatic heterocycles. The summed E-state index contributed by atoms with van der Waals surface area (Å²) in [6, 6.07) is 0. The Morgan fingerprint density at radius 1 is 1.42 bits per heavy atom. The highest BCUT2D eigenvalue weighted by Gasteiger charge is 2.10. The zero-order chi connectivity index (χ0) is 9.56. The molecule has 12 heavy (non-hydrogen) atoms. The molecular formula is C11H22O. The summed E-state index contributed by atoms with van der Waals surface area (Å²) in [6.45, 7) is 8.23. The first-order chi connectivity index (χ1) is 5.57. The average molecular weight is 170 g/mol. The lowest BCUT2D eigenvalue weighted by atomic mass is 9.95. The highest BCUT2D eigenvalue weighted by Crippen LogP contribution is 2.16. The first kappa shape index (κ1) is 11.7. The Bertz CT molecular complexity index is 132. The van der Waals surface area contributed by atoms with Gasteiger partial charge in [-0.25, -0.2) is 0 Å². The molecule has 0 aromatic heterocycles. The number of aliphatic hydroxyl groups excluding tert-OH is 1. The largest absolute Gasteiger partial charge is 0.393 e. The summed E-state index contributed by atoms with van der Waals surface area (Å²) in [7, 11) is 0. The first-order valence-corrected chi connectivity index (χ1v) is 4.91. The van der Waals surface area contributed by atoms with Crippen LogP contribution in [0.3, 0.4) is 0 Å². The van der Waals surface area contributed by atoms with Gasteiger partial charge in [0.1, 0.15) is 0 Å². The highest BCUT2D eigenvalue weighted by atomic mass is 16.3. The van der Waals surface area contributed by atoms with Gasteiger partial charge in [-0.2, -0.15) is 0 Å². The van der Waals surface area contributed by atoms with E-state index in [0.29, 0.717) is 5.92 Å². The third-order valence-electron chi connectivity index (χ3n) is 2.06. The van der Waals surface area contributed by atoms with Crippen molar-refractivity contribution in [2.75, 3.05) is 0 Å². The maximum atomic E-state index is 9.44. The van der Waals surface area contributed by atoms with E-state index in [1.54, 1.807) is 0 Å². The molecule has 0 aromatic rings. The summed E-state index contributed by atoms with van der Waals surface area (Å²) < 4.78 is 0. The predicted molar refractivity (Wildman–Crippen MR) is 54.1 cm³/mol. The van der Waals surface area contributed by atoms with E-state index in [1.165, 1.54) is 18.4 Å². The summed E-state index contributed by atoms with van der Waals surface area (Å²) in [5, 5.41) is 9.44. The average Bonchev–Trinajstić information content (AvgIpc) is 1.96. The Kier molecular flexibility index (Phi) is 6.09. The van der Waals surface area contributed by atoms with E-state index in [2.05, 4.69) is 26.8 Å². The molecule has 72 valence electrons. The molecule has 0 rings (SSSR count). The van der Waals surface area contributed by atoms with Crippen LogP contribution >= 0.6 is 0 Å². The van der Waals surface area contributed by atoms with Gasteiger partial charge >= 0.3 is 0 Å². The summed E-state index contributed by atoms with van der Waals surface area (Å²) in [6.07, 6.45) is 5.50. The number of unbranched alkanes of at least 4 members (excludes halogenated alkanes) is 1. The Morgan fingerprint density at radius 2 is 2.00 bits per heavy atom. The maximum absolute atomic E-state index is 9.44. The Labute approximate surface area is 76.5 Å². The maximum Gasteiger partial charge on any atom is 0.0574 e. The molecule has 0 radical (unpaired) electrons. The lowest BCUT2D eigenvalue weighted by Crippen LogP contribution is -2.14. The van der Waals surface area contributed by atoms with Crippen molar-refractivity contribution in [1.29, 1.82) is 0 Å². The monoisotopic (exact) mass is 170 g/mol. The molecule has 1 heteroatoms. The van der Waals surface area contributed by atoms with Gasteiger partial charge in [-0.15, -0.1) is 0 Å². The lowest BCUT2D eigenvalue weighted by Gasteiger charge is -2.15. The van der Waals surface area contributed by atoms with E-state index in [9.17, 15) is 5.11 Å². The van der Waals surface area contributed by atoms with Crippen molar-refractivity contribution >= 4 is 0 Å². The van der Waals surface area contributed by atoms with Crippen LogP contribution < -0.4 is 0 Å². The SMILES string of the molecule is CCCC[C@@H](C=C(C)C)[C@H](C)O. The van der Waals surface area contributed by atoms with E-state index in [4.69, 9.17) is 0 Å². The normalized spacial score (nSPS) is 15.4. The third-order valence-corrected chi connectivity index (χ3v) is 2.06. The Hall–Kier alpha value is -0.300. The van der Waals surface area contributed by atoms with E-state index in [0.717, 1.165) is 6.42 Å². The van der Waals surface area contributed by atoms with Crippen LogP contribution in [0.15, 0.2) is 11.6 Å². The summed E-state index contributed by atoms with van der Waals surface area (Å²) in [5.41, 5.74) is 1.30. The van der Waals surface area contributed by atoms with Crippen LogP contribution in [-0.2, 0) is 0 Å². The third kappa shape index (κ3) is 5.36. The fourth-order valence-electron chi connectivity index (χ4n) is 1.33. The summed E-state index contributed by atoms with van der Waals surface area (Å²) in [5.74, 6) is 0.356. The van der Waals surface area contributed by atoms with Crippen molar-refractivity contribution in [3.8, 4) is 0 Å². The molecule has 0 aromatic carbocycles. The molecule has 0 heterocycles. The molecule has 0 saturated heterocycles. The van der Waals surface area contributed by atoms with Crippen LogP contribution in [0, 0.1) is 5.92 Å². The van der Waals surface area contributed by atoms with E-state index < -0.39 is 0 Å². The number of hydrogen-bond acceptors (Lipinski definition) is 1. The minimum Gasteiger partial charge on any atom is -0.393 e. The Balaban J connectivity index is 3.96. The molecule has 0 unspecified atom stereocenters. The van der Waals surface area contributed by atoms with Gasteiger partial charge in [-0.05, 0) is 27.2 Å².